The Morgan fingerprint density at radius 1 is 1.16 bits per heavy atom. The van der Waals surface area contributed by atoms with Gasteiger partial charge in [0.1, 0.15) is 0 Å². The minimum atomic E-state index is -0.00972. The van der Waals surface area contributed by atoms with Crippen LogP contribution in [-0.4, -0.2) is 17.8 Å². The summed E-state index contributed by atoms with van der Waals surface area (Å²) in [5, 5.41) is 12.8. The lowest BCUT2D eigenvalue weighted by molar-refractivity contribution is 0.273. The first-order chi connectivity index (χ1) is 9.19. The van der Waals surface area contributed by atoms with Gasteiger partial charge in [-0.15, -0.1) is 0 Å². The van der Waals surface area contributed by atoms with E-state index in [4.69, 9.17) is 5.73 Å². The summed E-state index contributed by atoms with van der Waals surface area (Å²) in [5.41, 5.74) is 9.86. The van der Waals surface area contributed by atoms with Gasteiger partial charge in [-0.1, -0.05) is 36.4 Å². The van der Waals surface area contributed by atoms with E-state index in [1.807, 2.05) is 43.3 Å². The van der Waals surface area contributed by atoms with Crippen molar-refractivity contribution in [3.8, 4) is 0 Å². The topological polar surface area (TPSA) is 58.3 Å². The molecule has 0 heterocycles. The molecule has 2 aromatic rings. The number of aliphatic hydroxyl groups excluding tert-OH is 1. The van der Waals surface area contributed by atoms with E-state index in [1.165, 1.54) is 5.56 Å². The minimum Gasteiger partial charge on any atom is -0.398 e. The maximum Gasteiger partial charge on any atom is 0.0636 e. The van der Waals surface area contributed by atoms with Crippen LogP contribution in [0.15, 0.2) is 48.5 Å². The van der Waals surface area contributed by atoms with Crippen LogP contribution in [0.2, 0.25) is 0 Å². The van der Waals surface area contributed by atoms with E-state index >= 15 is 0 Å². The molecule has 0 aromatic heterocycles. The van der Waals surface area contributed by atoms with Crippen LogP contribution in [0.3, 0.4) is 0 Å². The average molecular weight is 256 g/mol. The highest BCUT2D eigenvalue weighted by molar-refractivity contribution is 5.58. The Hall–Kier alpha value is -2.00. The molecule has 3 heteroatoms. The molecule has 0 amide bonds. The van der Waals surface area contributed by atoms with E-state index in [9.17, 15) is 5.11 Å². The lowest BCUT2D eigenvalue weighted by Crippen LogP contribution is -2.26. The molecule has 0 aliphatic rings. The number of hydrogen-bond acceptors (Lipinski definition) is 3. The molecule has 0 bridgehead atoms. The second-order valence-corrected chi connectivity index (χ2v) is 4.78. The molecule has 1 unspecified atom stereocenters. The molecular weight excluding hydrogens is 236 g/mol. The lowest BCUT2D eigenvalue weighted by Gasteiger charge is -2.18. The van der Waals surface area contributed by atoms with Gasteiger partial charge in [0.25, 0.3) is 0 Å². The fraction of sp³-hybridized carbons (Fsp3) is 0.250. The van der Waals surface area contributed by atoms with Gasteiger partial charge in [0.05, 0.1) is 12.6 Å². The van der Waals surface area contributed by atoms with Crippen LogP contribution in [0.25, 0.3) is 0 Å². The van der Waals surface area contributed by atoms with Crippen molar-refractivity contribution in [2.24, 2.45) is 0 Å². The summed E-state index contributed by atoms with van der Waals surface area (Å²) in [6.45, 7) is 2.06. The maximum absolute atomic E-state index is 9.48. The number of benzene rings is 2. The first kappa shape index (κ1) is 13.4. The van der Waals surface area contributed by atoms with Crippen LogP contribution in [-0.2, 0) is 6.42 Å². The third kappa shape index (κ3) is 3.73. The monoisotopic (exact) mass is 256 g/mol. The summed E-state index contributed by atoms with van der Waals surface area (Å²) in [6, 6.07) is 16.0. The van der Waals surface area contributed by atoms with E-state index in [0.29, 0.717) is 0 Å². The first-order valence-corrected chi connectivity index (χ1v) is 6.46. The first-order valence-electron chi connectivity index (χ1n) is 6.46. The normalized spacial score (nSPS) is 12.1. The summed E-state index contributed by atoms with van der Waals surface area (Å²) >= 11 is 0. The Labute approximate surface area is 114 Å². The molecule has 100 valence electrons. The minimum absolute atomic E-state index is 0.00972. The highest BCUT2D eigenvalue weighted by Gasteiger charge is 2.08. The molecule has 4 N–H and O–H groups in total. The van der Waals surface area contributed by atoms with E-state index in [-0.39, 0.29) is 12.6 Å². The number of aryl methyl sites for hydroxylation is 1. The van der Waals surface area contributed by atoms with Crippen molar-refractivity contribution >= 4 is 11.4 Å². The molecule has 2 aromatic carbocycles. The van der Waals surface area contributed by atoms with Crippen molar-refractivity contribution in [3.63, 3.8) is 0 Å². The van der Waals surface area contributed by atoms with E-state index in [0.717, 1.165) is 23.4 Å². The van der Waals surface area contributed by atoms with Gasteiger partial charge in [0.2, 0.25) is 0 Å². The van der Waals surface area contributed by atoms with Gasteiger partial charge in [-0.05, 0) is 36.6 Å². The highest BCUT2D eigenvalue weighted by Crippen LogP contribution is 2.18. The predicted molar refractivity (Wildman–Crippen MR) is 80.2 cm³/mol. The third-order valence-electron chi connectivity index (χ3n) is 3.20. The number of aliphatic hydroxyl groups is 1. The Morgan fingerprint density at radius 2 is 1.89 bits per heavy atom. The highest BCUT2D eigenvalue weighted by atomic mass is 16.3. The van der Waals surface area contributed by atoms with Crippen molar-refractivity contribution in [2.45, 2.75) is 19.4 Å². The Morgan fingerprint density at radius 3 is 2.53 bits per heavy atom. The van der Waals surface area contributed by atoms with Crippen LogP contribution < -0.4 is 11.1 Å². The van der Waals surface area contributed by atoms with Gasteiger partial charge in [-0.25, -0.2) is 0 Å². The van der Waals surface area contributed by atoms with Crippen molar-refractivity contribution < 1.29 is 5.11 Å². The molecule has 0 radical (unpaired) electrons. The second-order valence-electron chi connectivity index (χ2n) is 4.78. The average Bonchev–Trinajstić information content (AvgIpc) is 2.43. The zero-order valence-electron chi connectivity index (χ0n) is 11.1. The van der Waals surface area contributed by atoms with E-state index in [2.05, 4.69) is 17.4 Å². The van der Waals surface area contributed by atoms with E-state index in [1.54, 1.807) is 0 Å². The van der Waals surface area contributed by atoms with Crippen LogP contribution in [0.4, 0.5) is 11.4 Å². The lowest BCUT2D eigenvalue weighted by atomic mass is 10.1. The SMILES string of the molecule is Cc1ccc(NC(CO)Cc2ccccc2)cc1N. The number of hydrogen-bond donors (Lipinski definition) is 3. The smallest absolute Gasteiger partial charge is 0.0636 e. The Balaban J connectivity index is 2.04. The molecule has 2 rings (SSSR count). The van der Waals surface area contributed by atoms with Gasteiger partial charge < -0.3 is 16.2 Å². The third-order valence-corrected chi connectivity index (χ3v) is 3.20. The number of nitrogens with one attached hydrogen (secondary N) is 1. The van der Waals surface area contributed by atoms with Gasteiger partial charge in [-0.2, -0.15) is 0 Å². The van der Waals surface area contributed by atoms with Gasteiger partial charge in [0.15, 0.2) is 0 Å². The van der Waals surface area contributed by atoms with Crippen molar-refractivity contribution in [1.29, 1.82) is 0 Å². The molecule has 1 atom stereocenters. The zero-order chi connectivity index (χ0) is 13.7. The standard InChI is InChI=1S/C16H20N2O/c1-12-7-8-14(10-16(12)17)18-15(11-19)9-13-5-3-2-4-6-13/h2-8,10,15,18-19H,9,11,17H2,1H3. The molecule has 0 aliphatic heterocycles. The zero-order valence-corrected chi connectivity index (χ0v) is 11.1. The van der Waals surface area contributed by atoms with Crippen molar-refractivity contribution in [1.82, 2.24) is 0 Å². The van der Waals surface area contributed by atoms with Gasteiger partial charge in [-0.3, -0.25) is 0 Å². The van der Waals surface area contributed by atoms with Crippen LogP contribution in [0, 0.1) is 6.92 Å². The van der Waals surface area contributed by atoms with Crippen LogP contribution in [0.5, 0.6) is 0 Å². The fourth-order valence-electron chi connectivity index (χ4n) is 2.03. The Kier molecular flexibility index (Phi) is 4.42. The quantitative estimate of drug-likeness (QED) is 0.721. The molecule has 0 aliphatic carbocycles. The summed E-state index contributed by atoms with van der Waals surface area (Å²) in [5.74, 6) is 0. The molecule has 3 nitrogen and oxygen atoms in total. The van der Waals surface area contributed by atoms with Gasteiger partial charge in [0, 0.05) is 11.4 Å². The largest absolute Gasteiger partial charge is 0.398 e. The van der Waals surface area contributed by atoms with Gasteiger partial charge >= 0.3 is 0 Å². The molecule has 19 heavy (non-hydrogen) atoms. The molecule has 0 saturated carbocycles. The fourth-order valence-corrected chi connectivity index (χ4v) is 2.03. The van der Waals surface area contributed by atoms with E-state index < -0.39 is 0 Å². The summed E-state index contributed by atoms with van der Waals surface area (Å²) in [7, 11) is 0. The summed E-state index contributed by atoms with van der Waals surface area (Å²) in [6.07, 6.45) is 0.783. The number of nitrogens with two attached hydrogens (primary N) is 1. The molecular formula is C16H20N2O. The predicted octanol–water partition coefficient (Wildman–Crippen LogP) is 2.59. The number of nitrogen functional groups attached to an aromatic ring is 1. The van der Waals surface area contributed by atoms with Crippen molar-refractivity contribution in [2.75, 3.05) is 17.7 Å². The summed E-state index contributed by atoms with van der Waals surface area (Å²) < 4.78 is 0. The maximum atomic E-state index is 9.48. The summed E-state index contributed by atoms with van der Waals surface area (Å²) in [4.78, 5) is 0. The van der Waals surface area contributed by atoms with Crippen LogP contribution >= 0.6 is 0 Å². The van der Waals surface area contributed by atoms with Crippen LogP contribution in [0.1, 0.15) is 11.1 Å². The number of anilines is 2. The Bertz CT molecular complexity index is 526. The van der Waals surface area contributed by atoms with Crippen molar-refractivity contribution in [3.05, 3.63) is 59.7 Å². The molecule has 0 fully saturated rings. The second kappa shape index (κ2) is 6.25. The molecule has 0 spiro atoms. The molecule has 0 saturated heterocycles. The number of rotatable bonds is 5.